The largest absolute Gasteiger partial charge is 0.361 e. The van der Waals surface area contributed by atoms with Crippen molar-refractivity contribution in [1.29, 1.82) is 0 Å². The highest BCUT2D eigenvalue weighted by Crippen LogP contribution is 2.42. The van der Waals surface area contributed by atoms with Crippen LogP contribution < -0.4 is 5.73 Å². The number of amides is 1. The Bertz CT molecular complexity index is 190. The zero-order chi connectivity index (χ0) is 9.07. The summed E-state index contributed by atoms with van der Waals surface area (Å²) in [5.74, 6) is 0.252. The van der Waals surface area contributed by atoms with E-state index in [-0.39, 0.29) is 5.92 Å². The fraction of sp³-hybridized carbons (Fsp3) is 0.833. The average Bonchev–Trinajstić information content (AvgIpc) is 1.84. The van der Waals surface area contributed by atoms with Gasteiger partial charge in [-0.3, -0.25) is 9.36 Å². The van der Waals surface area contributed by atoms with Gasteiger partial charge >= 0.3 is 5.65 Å². The maximum absolute atomic E-state index is 11.1. The van der Waals surface area contributed by atoms with Crippen LogP contribution in [0.3, 0.4) is 0 Å². The van der Waals surface area contributed by atoms with Crippen LogP contribution in [0.2, 0.25) is 0 Å². The average molecular weight is 179 g/mol. The lowest BCUT2D eigenvalue weighted by Crippen LogP contribution is -2.12. The van der Waals surface area contributed by atoms with E-state index in [9.17, 15) is 9.36 Å². The second-order valence-corrected chi connectivity index (χ2v) is 5.26. The van der Waals surface area contributed by atoms with Crippen LogP contribution in [0.15, 0.2) is 0 Å². The van der Waals surface area contributed by atoms with Crippen molar-refractivity contribution >= 4 is 13.0 Å². The van der Waals surface area contributed by atoms with Crippen molar-refractivity contribution in [2.75, 3.05) is 13.3 Å². The van der Waals surface area contributed by atoms with Crippen LogP contribution in [0.1, 0.15) is 13.8 Å². The van der Waals surface area contributed by atoms with Crippen molar-refractivity contribution in [2.45, 2.75) is 13.8 Å². The number of nitrogens with two attached hydrogens (primary N) is 1. The fourth-order valence-corrected chi connectivity index (χ4v) is 1.06. The molecule has 0 aliphatic heterocycles. The molecule has 0 aromatic heterocycles. The van der Waals surface area contributed by atoms with E-state index in [2.05, 4.69) is 0 Å². The Morgan fingerprint density at radius 2 is 2.09 bits per heavy atom. The molecule has 0 rings (SSSR count). The van der Waals surface area contributed by atoms with Crippen LogP contribution in [0.25, 0.3) is 0 Å². The Kier molecular flexibility index (Phi) is 3.76. The van der Waals surface area contributed by atoms with Crippen molar-refractivity contribution in [1.82, 2.24) is 0 Å². The summed E-state index contributed by atoms with van der Waals surface area (Å²) in [6, 6.07) is 0. The van der Waals surface area contributed by atoms with E-state index in [1.165, 1.54) is 6.66 Å². The first-order valence-corrected chi connectivity index (χ1v) is 5.45. The molecule has 0 spiro atoms. The van der Waals surface area contributed by atoms with Crippen molar-refractivity contribution in [2.24, 2.45) is 11.7 Å². The number of hydrogen-bond acceptors (Lipinski definition) is 3. The van der Waals surface area contributed by atoms with E-state index in [0.29, 0.717) is 6.61 Å². The lowest BCUT2D eigenvalue weighted by Gasteiger charge is -2.11. The van der Waals surface area contributed by atoms with Crippen LogP contribution >= 0.6 is 7.37 Å². The molecule has 0 aromatic rings. The van der Waals surface area contributed by atoms with Gasteiger partial charge in [-0.2, -0.15) is 0 Å². The Labute approximate surface area is 66.6 Å². The Morgan fingerprint density at radius 3 is 2.36 bits per heavy atom. The lowest BCUT2D eigenvalue weighted by atomic mass is 10.2. The first kappa shape index (κ1) is 10.7. The number of hydrogen-bond donors (Lipinski definition) is 1. The smallest absolute Gasteiger partial charge is 0.302 e. The Morgan fingerprint density at radius 1 is 1.64 bits per heavy atom. The molecule has 1 atom stereocenters. The van der Waals surface area contributed by atoms with Crippen molar-refractivity contribution in [3.05, 3.63) is 0 Å². The third-order valence-corrected chi connectivity index (χ3v) is 2.50. The van der Waals surface area contributed by atoms with Gasteiger partial charge in [-0.1, -0.05) is 13.8 Å². The maximum Gasteiger partial charge on any atom is 0.302 e. The third kappa shape index (κ3) is 4.17. The second-order valence-electron chi connectivity index (χ2n) is 2.87. The lowest BCUT2D eigenvalue weighted by molar-refractivity contribution is 0.247. The summed E-state index contributed by atoms with van der Waals surface area (Å²) in [7, 11) is -3.18. The maximum atomic E-state index is 11.1. The molecule has 11 heavy (non-hydrogen) atoms. The SMILES string of the molecule is CC(C)COP(C)(=O)C(N)=O. The minimum absolute atomic E-state index is 0.252. The van der Waals surface area contributed by atoms with E-state index in [4.69, 9.17) is 10.3 Å². The summed E-state index contributed by atoms with van der Waals surface area (Å²) in [5.41, 5.74) is 3.97. The summed E-state index contributed by atoms with van der Waals surface area (Å²) < 4.78 is 16.0. The zero-order valence-electron chi connectivity index (χ0n) is 7.03. The van der Waals surface area contributed by atoms with Gasteiger partial charge in [-0.05, 0) is 5.92 Å². The molecule has 1 unspecified atom stereocenters. The predicted octanol–water partition coefficient (Wildman–Crippen LogP) is 1.65. The molecule has 1 amide bonds. The first-order chi connectivity index (χ1) is 4.86. The third-order valence-electron chi connectivity index (χ3n) is 1.05. The number of rotatable bonds is 4. The van der Waals surface area contributed by atoms with Crippen LogP contribution in [0.5, 0.6) is 0 Å². The topological polar surface area (TPSA) is 69.4 Å². The van der Waals surface area contributed by atoms with Gasteiger partial charge in [0.25, 0.3) is 7.37 Å². The molecular weight excluding hydrogens is 165 g/mol. The summed E-state index contributed by atoms with van der Waals surface area (Å²) in [6.45, 7) is 5.34. The molecule has 0 saturated carbocycles. The molecule has 0 aliphatic carbocycles. The Balaban J connectivity index is 3.94. The molecule has 0 saturated heterocycles. The predicted molar refractivity (Wildman–Crippen MR) is 43.9 cm³/mol. The Hall–Kier alpha value is -0.340. The van der Waals surface area contributed by atoms with E-state index >= 15 is 0 Å². The molecule has 0 fully saturated rings. The van der Waals surface area contributed by atoms with E-state index in [0.717, 1.165) is 0 Å². The van der Waals surface area contributed by atoms with Gasteiger partial charge in [-0.15, -0.1) is 0 Å². The zero-order valence-corrected chi connectivity index (χ0v) is 7.93. The first-order valence-electron chi connectivity index (χ1n) is 3.38. The number of carbonyl (C=O) groups is 1. The molecule has 5 heteroatoms. The number of primary amides is 1. The van der Waals surface area contributed by atoms with Gasteiger partial charge in [0.2, 0.25) is 0 Å². The summed E-state index contributed by atoms with van der Waals surface area (Å²) in [4.78, 5) is 10.5. The normalized spacial score (nSPS) is 16.4. The minimum atomic E-state index is -3.18. The monoisotopic (exact) mass is 179 g/mol. The quantitative estimate of drug-likeness (QED) is 0.667. The van der Waals surface area contributed by atoms with Gasteiger partial charge in [0.05, 0.1) is 6.61 Å². The van der Waals surface area contributed by atoms with Gasteiger partial charge in [0.1, 0.15) is 0 Å². The highest BCUT2D eigenvalue weighted by Gasteiger charge is 2.23. The van der Waals surface area contributed by atoms with Gasteiger partial charge in [-0.25, -0.2) is 0 Å². The fourth-order valence-electron chi connectivity index (χ4n) is 0.355. The molecule has 2 N–H and O–H groups in total. The van der Waals surface area contributed by atoms with E-state index in [1.807, 2.05) is 13.8 Å². The van der Waals surface area contributed by atoms with Crippen LogP contribution in [-0.2, 0) is 9.09 Å². The van der Waals surface area contributed by atoms with Crippen LogP contribution in [0, 0.1) is 5.92 Å². The van der Waals surface area contributed by atoms with E-state index in [1.54, 1.807) is 0 Å². The summed E-state index contributed by atoms with van der Waals surface area (Å²) in [5, 5.41) is 0. The highest BCUT2D eigenvalue weighted by atomic mass is 31.2. The van der Waals surface area contributed by atoms with Crippen molar-refractivity contribution in [3.8, 4) is 0 Å². The standard InChI is InChI=1S/C6H14NO3P/c1-5(2)4-10-11(3,9)6(7)8/h5H,4H2,1-3H3,(H2,7,8). The summed E-state index contributed by atoms with van der Waals surface area (Å²) in [6.07, 6.45) is 0. The van der Waals surface area contributed by atoms with Gasteiger partial charge in [0.15, 0.2) is 0 Å². The molecule has 4 nitrogen and oxygen atoms in total. The molecule has 66 valence electrons. The second kappa shape index (κ2) is 3.88. The van der Waals surface area contributed by atoms with Crippen molar-refractivity contribution in [3.63, 3.8) is 0 Å². The molecular formula is C6H14NO3P. The molecule has 0 radical (unpaired) electrons. The van der Waals surface area contributed by atoms with Crippen LogP contribution in [-0.4, -0.2) is 18.9 Å². The molecule has 0 heterocycles. The van der Waals surface area contributed by atoms with Gasteiger partial charge in [0, 0.05) is 6.66 Å². The highest BCUT2D eigenvalue weighted by molar-refractivity contribution is 7.75. The minimum Gasteiger partial charge on any atom is -0.361 e. The number of carbonyl (C=O) groups excluding carboxylic acids is 1. The summed E-state index contributed by atoms with van der Waals surface area (Å²) >= 11 is 0. The molecule has 0 aromatic carbocycles. The van der Waals surface area contributed by atoms with Crippen molar-refractivity contribution < 1.29 is 13.9 Å². The van der Waals surface area contributed by atoms with Gasteiger partial charge < -0.3 is 10.3 Å². The van der Waals surface area contributed by atoms with Crippen LogP contribution in [0.4, 0.5) is 4.79 Å². The van der Waals surface area contributed by atoms with E-state index < -0.39 is 13.0 Å². The molecule has 0 aliphatic rings. The molecule has 0 bridgehead atoms.